The maximum Gasteiger partial charge on any atom is 0.326 e. The number of anilines is 5. The summed E-state index contributed by atoms with van der Waals surface area (Å²) >= 11 is 6.40. The van der Waals surface area contributed by atoms with Gasteiger partial charge >= 0.3 is 17.9 Å². The number of halogens is 9. The van der Waals surface area contributed by atoms with Crippen LogP contribution in [0, 0.1) is 5.95 Å². The van der Waals surface area contributed by atoms with E-state index in [0.717, 1.165) is 155 Å². The Morgan fingerprint density at radius 2 is 0.879 bits per heavy atom. The maximum atomic E-state index is 13.1. The van der Waals surface area contributed by atoms with Crippen LogP contribution in [0.2, 0.25) is 0 Å². The largest absolute Gasteiger partial charge is 0.480 e. The average Bonchev–Trinajstić information content (AvgIpc) is 1.04. The van der Waals surface area contributed by atoms with Crippen LogP contribution in [-0.4, -0.2) is 194 Å². The Hall–Kier alpha value is -7.38. The van der Waals surface area contributed by atoms with Crippen molar-refractivity contribution in [2.24, 2.45) is 5.73 Å². The van der Waals surface area contributed by atoms with Crippen molar-refractivity contribution in [3.63, 3.8) is 0 Å². The second-order valence-corrected chi connectivity index (χ2v) is 26.1. The summed E-state index contributed by atoms with van der Waals surface area (Å²) in [6, 6.07) is 21.2. The molecule has 21 nitrogen and oxygen atoms in total. The van der Waals surface area contributed by atoms with Gasteiger partial charge in [0.15, 0.2) is 0 Å². The highest BCUT2D eigenvalue weighted by Crippen LogP contribution is 2.24. The molecule has 9 rings (SSSR count). The number of carboxylic acids is 3. The molecule has 6 aromatic heterocycles. The van der Waals surface area contributed by atoms with Crippen molar-refractivity contribution in [2.75, 3.05) is 105 Å². The Kier molecular flexibility index (Phi) is 36.4. The fourth-order valence-electron chi connectivity index (χ4n) is 11.2. The first kappa shape index (κ1) is 80.6. The van der Waals surface area contributed by atoms with Crippen LogP contribution in [0.3, 0.4) is 0 Å². The zero-order valence-electron chi connectivity index (χ0n) is 55.5. The van der Waals surface area contributed by atoms with Gasteiger partial charge in [0, 0.05) is 90.0 Å². The molecule has 0 amide bonds. The molecule has 10 N–H and O–H groups in total. The first-order valence-electron chi connectivity index (χ1n) is 33.6. The van der Waals surface area contributed by atoms with E-state index < -0.39 is 61.3 Å². The van der Waals surface area contributed by atoms with Gasteiger partial charge in [-0.2, -0.15) is 4.39 Å². The molecule has 0 saturated heterocycles. The van der Waals surface area contributed by atoms with Crippen LogP contribution in [0.25, 0.3) is 0 Å². The first-order chi connectivity index (χ1) is 47.7. The number of carbonyl (C=O) groups is 3. The molecule has 3 aliphatic rings. The van der Waals surface area contributed by atoms with Crippen LogP contribution in [0.1, 0.15) is 111 Å². The monoisotopic (exact) mass is 1520 g/mol. The lowest BCUT2D eigenvalue weighted by Gasteiger charge is -2.24. The van der Waals surface area contributed by atoms with Gasteiger partial charge in [-0.05, 0) is 200 Å². The van der Waals surface area contributed by atoms with E-state index in [-0.39, 0.29) is 58.5 Å². The van der Waals surface area contributed by atoms with Gasteiger partial charge < -0.3 is 47.6 Å². The number of aryl methyl sites for hydroxylation is 6. The van der Waals surface area contributed by atoms with E-state index >= 15 is 0 Å². The Balaban J connectivity index is 0.000000222. The Bertz CT molecular complexity index is 3350. The minimum atomic E-state index is -2.47. The molecule has 3 atom stereocenters. The Morgan fingerprint density at radius 1 is 0.485 bits per heavy atom. The lowest BCUT2D eigenvalue weighted by molar-refractivity contribution is -0.139. The zero-order valence-corrected chi connectivity index (χ0v) is 58.7. The number of alkyl halides is 6. The predicted molar refractivity (Wildman–Crippen MR) is 377 cm³/mol. The van der Waals surface area contributed by atoms with Crippen molar-refractivity contribution in [3.05, 3.63) is 146 Å². The number of pyridine rings is 6. The number of carboxylic acid groups (broad SMARTS) is 3. The number of hydrogen-bond acceptors (Lipinski definition) is 18. The highest BCUT2D eigenvalue weighted by molar-refractivity contribution is 9.10. The van der Waals surface area contributed by atoms with Crippen LogP contribution in [-0.2, 0) is 52.9 Å². The topological polar surface area (TPSA) is 285 Å². The number of aliphatic carboxylic acids is 3. The van der Waals surface area contributed by atoms with Gasteiger partial charge in [-0.3, -0.25) is 19.5 Å². The van der Waals surface area contributed by atoms with Crippen molar-refractivity contribution in [1.82, 2.24) is 44.6 Å². The van der Waals surface area contributed by atoms with Gasteiger partial charge in [0.25, 0.3) is 19.3 Å². The van der Waals surface area contributed by atoms with Crippen molar-refractivity contribution in [2.45, 2.75) is 153 Å². The summed E-state index contributed by atoms with van der Waals surface area (Å²) in [4.78, 5) is 64.4. The number of fused-ring (bicyclic) bond motifs is 3. The summed E-state index contributed by atoms with van der Waals surface area (Å²) in [5.74, 6) is 0.139. The van der Waals surface area contributed by atoms with Crippen LogP contribution in [0.5, 0.6) is 0 Å². The average molecular weight is 1520 g/mol. The fourth-order valence-corrected chi connectivity index (χ4v) is 11.8. The van der Waals surface area contributed by atoms with E-state index in [2.05, 4.69) is 107 Å². The molecule has 9 heterocycles. The fraction of sp³-hybridized carbons (Fsp3) is 0.522. The van der Waals surface area contributed by atoms with Crippen LogP contribution >= 0.6 is 31.9 Å². The van der Waals surface area contributed by atoms with Crippen molar-refractivity contribution < 1.29 is 60.4 Å². The molecule has 542 valence electrons. The molecule has 0 bridgehead atoms. The van der Waals surface area contributed by atoms with Crippen LogP contribution in [0.4, 0.5) is 59.8 Å². The molecular formula is C69H92Br2F7N15O6. The van der Waals surface area contributed by atoms with Crippen molar-refractivity contribution >= 4 is 78.9 Å². The molecule has 99 heavy (non-hydrogen) atoms. The number of hydrogen-bond donors (Lipinski definition) is 9. The molecule has 30 heteroatoms. The number of nitrogens with one attached hydrogen (secondary N) is 5. The molecule has 3 aliphatic heterocycles. The SMILES string of the molecule is Fc1cc(Br)ccn1.N[C@@H](CCN(CCCCc1ccc2c(n1)NCCC2)CC(F)F)C(=O)O.O=C(O)[C@H](CCN(CCCCc1ccc2c(n1)NCCC2)CC(F)F)Nc1cc(Br)ccn1.O=C(O)[C@H](CCN(CCCCc1ccc2c(n1)NCCC2)CC(F)F)Nc1ccccn1. The molecule has 0 fully saturated rings. The first-order valence-corrected chi connectivity index (χ1v) is 35.2. The predicted octanol–water partition coefficient (Wildman–Crippen LogP) is 12.2. The molecule has 0 spiro atoms. The van der Waals surface area contributed by atoms with Gasteiger partial charge in [-0.1, -0.05) is 56.1 Å². The maximum absolute atomic E-state index is 13.1. The number of rotatable bonds is 37. The summed E-state index contributed by atoms with van der Waals surface area (Å²) in [5, 5.41) is 43.5. The third-order valence-corrected chi connectivity index (χ3v) is 17.4. The Morgan fingerprint density at radius 3 is 1.23 bits per heavy atom. The summed E-state index contributed by atoms with van der Waals surface area (Å²) in [6.45, 7) is 3.99. The molecule has 6 aromatic rings. The minimum Gasteiger partial charge on any atom is -0.480 e. The van der Waals surface area contributed by atoms with Crippen molar-refractivity contribution in [3.8, 4) is 0 Å². The quantitative estimate of drug-likeness (QED) is 0.00995. The molecule has 0 aliphatic carbocycles. The standard InChI is InChI=1S/C23H30BrF2N5O2.C23H31F2N5O2.C18H28F2N4O2.C5H3BrFN/c24-17-8-11-27-21(14-17)30-19(23(32)33)9-13-31(15-20(25)26)12-2-1-5-18-7-6-16-4-3-10-28-22(16)29-18;24-20(25)16-30(15-11-19(23(31)32)29-21-8-1-3-12-26-21)14-4-2-7-18-10-9-17-6-5-13-27-22(17)28-18;19-16(20)12-24(11-8-15(21)18(25)26)10-2-1-5-14-7-6-13-4-3-9-22-17(13)23-14;6-4-1-2-8-5(7)3-4/h6-8,11,14,19-20H,1-5,9-10,12-13,15H2,(H,27,30)(H,28,29)(H,32,33);1,3,8-10,12,19-20H,2,4-7,11,13-16H2,(H,26,29)(H,27,28)(H,31,32);6-7,15-16H,1-5,8-12,21H2,(H,22,23)(H,25,26);1-3H/t2*19-;15-;/m000./s1. The van der Waals surface area contributed by atoms with Gasteiger partial charge in [0.2, 0.25) is 5.95 Å². The smallest absolute Gasteiger partial charge is 0.326 e. The molecule has 0 unspecified atom stereocenters. The summed E-state index contributed by atoms with van der Waals surface area (Å²) < 4.78 is 91.2. The zero-order chi connectivity index (χ0) is 71.3. The molecule has 0 radical (unpaired) electrons. The van der Waals surface area contributed by atoms with E-state index in [1.165, 1.54) is 29.0 Å². The number of unbranched alkanes of at least 4 members (excludes halogenated alkanes) is 3. The van der Waals surface area contributed by atoms with Gasteiger partial charge in [0.05, 0.1) is 19.6 Å². The Labute approximate surface area is 590 Å². The van der Waals surface area contributed by atoms with E-state index in [1.54, 1.807) is 63.5 Å². The summed E-state index contributed by atoms with van der Waals surface area (Å²) in [6.07, 6.45) is 11.3. The minimum absolute atomic E-state index is 0.167. The van der Waals surface area contributed by atoms with Gasteiger partial charge in [-0.15, -0.1) is 0 Å². The third kappa shape index (κ3) is 32.2. The van der Waals surface area contributed by atoms with E-state index in [0.29, 0.717) is 35.7 Å². The normalized spacial score (nSPS) is 13.9. The lowest BCUT2D eigenvalue weighted by atomic mass is 10.1. The number of nitrogens with zero attached hydrogens (tertiary/aromatic N) is 9. The van der Waals surface area contributed by atoms with Crippen LogP contribution < -0.4 is 32.3 Å². The molecule has 0 aromatic carbocycles. The van der Waals surface area contributed by atoms with Gasteiger partial charge in [0.1, 0.15) is 47.2 Å². The van der Waals surface area contributed by atoms with E-state index in [9.17, 15) is 55.3 Å². The number of nitrogens with two attached hydrogens (primary N) is 1. The summed E-state index contributed by atoms with van der Waals surface area (Å²) in [7, 11) is 0. The third-order valence-electron chi connectivity index (χ3n) is 16.4. The highest BCUT2D eigenvalue weighted by atomic mass is 79.9. The van der Waals surface area contributed by atoms with Crippen LogP contribution in [0.15, 0.2) is 106 Å². The second kappa shape index (κ2) is 44.7. The van der Waals surface area contributed by atoms with Gasteiger partial charge in [-0.25, -0.2) is 65.8 Å². The van der Waals surface area contributed by atoms with Crippen molar-refractivity contribution in [1.29, 1.82) is 0 Å². The lowest BCUT2D eigenvalue weighted by Crippen LogP contribution is -2.37. The molecule has 0 saturated carbocycles. The molecular weight excluding hydrogens is 1430 g/mol. The number of aromatic nitrogens is 6. The highest BCUT2D eigenvalue weighted by Gasteiger charge is 2.24. The summed E-state index contributed by atoms with van der Waals surface area (Å²) in [5.41, 5.74) is 12.2. The second-order valence-electron chi connectivity index (χ2n) is 24.2. The van der Waals surface area contributed by atoms with E-state index in [1.807, 2.05) is 18.2 Å². The van der Waals surface area contributed by atoms with E-state index in [4.69, 9.17) is 10.8 Å².